The van der Waals surface area contributed by atoms with Crippen molar-refractivity contribution >= 4 is 5.97 Å². The zero-order chi connectivity index (χ0) is 16.3. The van der Waals surface area contributed by atoms with Gasteiger partial charge in [-0.05, 0) is 33.6 Å². The normalized spacial score (nSPS) is 11.8. The van der Waals surface area contributed by atoms with Crippen molar-refractivity contribution in [1.82, 2.24) is 0 Å². The Bertz CT molecular complexity index is 450. The van der Waals surface area contributed by atoms with Gasteiger partial charge in [-0.1, -0.05) is 36.4 Å². The Morgan fingerprint density at radius 3 is 2.41 bits per heavy atom. The molecule has 0 unspecified atom stereocenters. The molecule has 0 spiro atoms. The molecule has 1 aromatic carbocycles. The van der Waals surface area contributed by atoms with E-state index in [1.165, 1.54) is 11.6 Å². The third-order valence-electron chi connectivity index (χ3n) is 4.28. The van der Waals surface area contributed by atoms with Crippen LogP contribution in [0.15, 0.2) is 42.5 Å². The molecule has 1 aromatic rings. The third kappa shape index (κ3) is 6.44. The lowest BCUT2D eigenvalue weighted by molar-refractivity contribution is -0.938. The molecule has 3 heteroatoms. The summed E-state index contributed by atoms with van der Waals surface area (Å²) in [5, 5.41) is 0. The van der Waals surface area contributed by atoms with Crippen LogP contribution in [0.1, 0.15) is 39.2 Å². The molecular weight excluding hydrogens is 274 g/mol. The first-order valence-corrected chi connectivity index (χ1v) is 8.34. The van der Waals surface area contributed by atoms with E-state index in [4.69, 9.17) is 4.74 Å². The topological polar surface area (TPSA) is 26.3 Å². The molecule has 0 saturated heterocycles. The summed E-state index contributed by atoms with van der Waals surface area (Å²) in [5.74, 6) is -0.237. The highest BCUT2D eigenvalue weighted by Crippen LogP contribution is 2.16. The molecular formula is C19H30NO2+. The molecule has 0 aromatic heterocycles. The van der Waals surface area contributed by atoms with Crippen molar-refractivity contribution in [2.75, 3.05) is 26.2 Å². The van der Waals surface area contributed by atoms with Gasteiger partial charge in [-0.25, -0.2) is 4.79 Å². The standard InChI is InChI=1S/C19H30NO2/c1-4-12-19(21)22-16-11-10-15-20(5-2,6-3)17-18-13-8-7-9-14-18/h4,7-9,12-14H,5-6,10-11,15-17H2,1-3H3/q+1. The van der Waals surface area contributed by atoms with Crippen LogP contribution >= 0.6 is 0 Å². The van der Waals surface area contributed by atoms with Crippen LogP contribution < -0.4 is 0 Å². The van der Waals surface area contributed by atoms with Gasteiger partial charge >= 0.3 is 5.97 Å². The lowest BCUT2D eigenvalue weighted by Gasteiger charge is -2.37. The molecule has 0 amide bonds. The van der Waals surface area contributed by atoms with Gasteiger partial charge in [0.25, 0.3) is 0 Å². The minimum atomic E-state index is -0.237. The molecule has 0 saturated carbocycles. The predicted molar refractivity (Wildman–Crippen MR) is 91.4 cm³/mol. The highest BCUT2D eigenvalue weighted by molar-refractivity contribution is 5.81. The number of hydrogen-bond acceptors (Lipinski definition) is 2. The Balaban J connectivity index is 2.42. The van der Waals surface area contributed by atoms with Gasteiger partial charge in [0.2, 0.25) is 0 Å². The third-order valence-corrected chi connectivity index (χ3v) is 4.28. The Hall–Kier alpha value is -1.61. The van der Waals surface area contributed by atoms with Crippen molar-refractivity contribution in [2.45, 2.75) is 40.2 Å². The van der Waals surface area contributed by atoms with Gasteiger partial charge < -0.3 is 9.22 Å². The second-order valence-electron chi connectivity index (χ2n) is 5.72. The minimum Gasteiger partial charge on any atom is -0.463 e. The number of ether oxygens (including phenoxy) is 1. The summed E-state index contributed by atoms with van der Waals surface area (Å²) >= 11 is 0. The highest BCUT2D eigenvalue weighted by Gasteiger charge is 2.23. The first-order chi connectivity index (χ1) is 10.7. The number of carbonyl (C=O) groups is 1. The Kier molecular flexibility index (Phi) is 8.53. The number of esters is 1. The summed E-state index contributed by atoms with van der Waals surface area (Å²) < 4.78 is 6.24. The average molecular weight is 304 g/mol. The smallest absolute Gasteiger partial charge is 0.330 e. The van der Waals surface area contributed by atoms with Crippen molar-refractivity contribution in [1.29, 1.82) is 0 Å². The fraction of sp³-hybridized carbons (Fsp3) is 0.526. The minimum absolute atomic E-state index is 0.237. The van der Waals surface area contributed by atoms with E-state index in [0.29, 0.717) is 6.61 Å². The van der Waals surface area contributed by atoms with E-state index in [0.717, 1.165) is 43.5 Å². The van der Waals surface area contributed by atoms with Crippen molar-refractivity contribution in [3.05, 3.63) is 48.0 Å². The summed E-state index contributed by atoms with van der Waals surface area (Å²) in [5.41, 5.74) is 1.39. The number of rotatable bonds is 10. The molecule has 122 valence electrons. The van der Waals surface area contributed by atoms with E-state index in [2.05, 4.69) is 44.2 Å². The fourth-order valence-corrected chi connectivity index (χ4v) is 2.72. The summed E-state index contributed by atoms with van der Waals surface area (Å²) in [4.78, 5) is 11.2. The number of carbonyl (C=O) groups excluding carboxylic acids is 1. The van der Waals surface area contributed by atoms with Gasteiger partial charge in [-0.15, -0.1) is 0 Å². The number of unbranched alkanes of at least 4 members (excludes halogenated alkanes) is 1. The summed E-state index contributed by atoms with van der Waals surface area (Å²) in [6, 6.07) is 10.7. The molecule has 0 aliphatic rings. The van der Waals surface area contributed by atoms with Crippen LogP contribution in [-0.4, -0.2) is 36.7 Å². The Morgan fingerprint density at radius 1 is 1.14 bits per heavy atom. The zero-order valence-electron chi connectivity index (χ0n) is 14.3. The van der Waals surface area contributed by atoms with Gasteiger partial charge in [0.05, 0.1) is 26.2 Å². The maximum atomic E-state index is 11.2. The SMILES string of the molecule is CC=CC(=O)OCCCC[N+](CC)(CC)Cc1ccccc1. The predicted octanol–water partition coefficient (Wildman–Crippen LogP) is 3.94. The summed E-state index contributed by atoms with van der Waals surface area (Å²) in [6.45, 7) is 11.3. The molecule has 0 aliphatic carbocycles. The lowest BCUT2D eigenvalue weighted by atomic mass is 10.1. The highest BCUT2D eigenvalue weighted by atomic mass is 16.5. The van der Waals surface area contributed by atoms with Crippen LogP contribution in [0.25, 0.3) is 0 Å². The van der Waals surface area contributed by atoms with Gasteiger partial charge in [-0.2, -0.15) is 0 Å². The molecule has 0 bridgehead atoms. The molecule has 0 aliphatic heterocycles. The molecule has 0 fully saturated rings. The maximum absolute atomic E-state index is 11.2. The fourth-order valence-electron chi connectivity index (χ4n) is 2.72. The molecule has 0 radical (unpaired) electrons. The van der Waals surface area contributed by atoms with Crippen LogP contribution in [0.2, 0.25) is 0 Å². The van der Waals surface area contributed by atoms with Crippen molar-refractivity contribution in [3.8, 4) is 0 Å². The lowest BCUT2D eigenvalue weighted by Crippen LogP contribution is -2.47. The number of quaternary nitrogens is 1. The number of benzene rings is 1. The second kappa shape index (κ2) is 10.2. The first-order valence-electron chi connectivity index (χ1n) is 8.34. The van der Waals surface area contributed by atoms with E-state index in [9.17, 15) is 4.79 Å². The van der Waals surface area contributed by atoms with Crippen molar-refractivity contribution in [3.63, 3.8) is 0 Å². The molecule has 0 heterocycles. The van der Waals surface area contributed by atoms with E-state index in [1.54, 1.807) is 6.08 Å². The summed E-state index contributed by atoms with van der Waals surface area (Å²) in [6.07, 6.45) is 5.18. The molecule has 22 heavy (non-hydrogen) atoms. The number of allylic oxidation sites excluding steroid dienone is 1. The monoisotopic (exact) mass is 304 g/mol. The van der Waals surface area contributed by atoms with Crippen molar-refractivity contribution in [2.24, 2.45) is 0 Å². The molecule has 0 N–H and O–H groups in total. The van der Waals surface area contributed by atoms with E-state index in [-0.39, 0.29) is 5.97 Å². The summed E-state index contributed by atoms with van der Waals surface area (Å²) in [7, 11) is 0. The largest absolute Gasteiger partial charge is 0.463 e. The number of hydrogen-bond donors (Lipinski definition) is 0. The number of nitrogens with zero attached hydrogens (tertiary/aromatic N) is 1. The zero-order valence-corrected chi connectivity index (χ0v) is 14.3. The van der Waals surface area contributed by atoms with Crippen LogP contribution in [0, 0.1) is 0 Å². The molecule has 0 atom stereocenters. The van der Waals surface area contributed by atoms with Crippen LogP contribution in [0.5, 0.6) is 0 Å². The Morgan fingerprint density at radius 2 is 1.82 bits per heavy atom. The van der Waals surface area contributed by atoms with Crippen LogP contribution in [0.3, 0.4) is 0 Å². The average Bonchev–Trinajstić information content (AvgIpc) is 2.54. The molecule has 1 rings (SSSR count). The Labute approximate surface area is 135 Å². The maximum Gasteiger partial charge on any atom is 0.330 e. The van der Waals surface area contributed by atoms with Crippen LogP contribution in [-0.2, 0) is 16.1 Å². The van der Waals surface area contributed by atoms with E-state index < -0.39 is 0 Å². The van der Waals surface area contributed by atoms with Gasteiger partial charge in [0, 0.05) is 11.6 Å². The van der Waals surface area contributed by atoms with E-state index >= 15 is 0 Å². The quantitative estimate of drug-likeness (QED) is 0.283. The van der Waals surface area contributed by atoms with Gasteiger partial charge in [-0.3, -0.25) is 0 Å². The second-order valence-corrected chi connectivity index (χ2v) is 5.72. The van der Waals surface area contributed by atoms with E-state index in [1.807, 2.05) is 6.92 Å². The van der Waals surface area contributed by atoms with Gasteiger partial charge in [0.1, 0.15) is 6.54 Å². The van der Waals surface area contributed by atoms with Gasteiger partial charge in [0.15, 0.2) is 0 Å². The van der Waals surface area contributed by atoms with Crippen LogP contribution in [0.4, 0.5) is 0 Å². The first kappa shape index (κ1) is 18.4. The van der Waals surface area contributed by atoms with Crippen molar-refractivity contribution < 1.29 is 14.0 Å². The molecule has 3 nitrogen and oxygen atoms in total.